The van der Waals surface area contributed by atoms with Crippen molar-refractivity contribution < 1.29 is 9.18 Å². The fourth-order valence-corrected chi connectivity index (χ4v) is 2.98. The van der Waals surface area contributed by atoms with E-state index < -0.39 is 0 Å². The maximum atomic E-state index is 13.1. The second kappa shape index (κ2) is 6.03. The van der Waals surface area contributed by atoms with E-state index in [4.69, 9.17) is 0 Å². The Morgan fingerprint density at radius 1 is 1.21 bits per heavy atom. The number of nitrogens with zero attached hydrogens (tertiary/aromatic N) is 2. The molecule has 1 aromatic heterocycles. The van der Waals surface area contributed by atoms with Gasteiger partial charge in [0, 0.05) is 6.54 Å². The number of nitrogens with one attached hydrogen (secondary N) is 3. The van der Waals surface area contributed by atoms with Crippen LogP contribution in [0.3, 0.4) is 0 Å². The molecule has 2 atom stereocenters. The lowest BCUT2D eigenvalue weighted by Crippen LogP contribution is -2.33. The summed E-state index contributed by atoms with van der Waals surface area (Å²) in [5, 5.41) is 0. The van der Waals surface area contributed by atoms with Crippen LogP contribution >= 0.6 is 0 Å². The average molecular weight is 325 g/mol. The van der Waals surface area contributed by atoms with Gasteiger partial charge in [0.2, 0.25) is 5.91 Å². The third-order valence-electron chi connectivity index (χ3n) is 4.23. The standard InChI is InChI=1S/C17H16FN5O/c18-12-7-5-11(6-8-12)16-13(9-20-21-16)17(24)22-23-10-19-14-3-1-2-4-15(14)23/h1-8,10,13,16,20-21H,9H2,(H,22,24). The van der Waals surface area contributed by atoms with E-state index >= 15 is 0 Å². The zero-order valence-electron chi connectivity index (χ0n) is 12.7. The van der Waals surface area contributed by atoms with Crippen LogP contribution in [0.5, 0.6) is 0 Å². The Balaban J connectivity index is 1.56. The van der Waals surface area contributed by atoms with Crippen molar-refractivity contribution in [1.29, 1.82) is 0 Å². The van der Waals surface area contributed by atoms with Crippen molar-refractivity contribution in [3.05, 3.63) is 66.2 Å². The molecule has 1 aliphatic heterocycles. The van der Waals surface area contributed by atoms with Gasteiger partial charge in [0.05, 0.1) is 23.0 Å². The van der Waals surface area contributed by atoms with Gasteiger partial charge in [0.25, 0.3) is 0 Å². The Bertz CT molecular complexity index is 876. The van der Waals surface area contributed by atoms with Gasteiger partial charge < -0.3 is 0 Å². The van der Waals surface area contributed by atoms with Crippen molar-refractivity contribution in [2.45, 2.75) is 6.04 Å². The highest BCUT2D eigenvalue weighted by atomic mass is 19.1. The summed E-state index contributed by atoms with van der Waals surface area (Å²) in [5.74, 6) is -0.753. The molecule has 0 radical (unpaired) electrons. The van der Waals surface area contributed by atoms with Gasteiger partial charge in [-0.1, -0.05) is 24.3 Å². The molecule has 7 heteroatoms. The minimum atomic E-state index is -0.323. The van der Waals surface area contributed by atoms with E-state index in [-0.39, 0.29) is 23.7 Å². The van der Waals surface area contributed by atoms with Gasteiger partial charge in [0.1, 0.15) is 12.1 Å². The van der Waals surface area contributed by atoms with Crippen LogP contribution in [0.25, 0.3) is 11.0 Å². The number of benzene rings is 2. The SMILES string of the molecule is O=C(Nn1cnc2ccccc21)C1CNNC1c1ccc(F)cc1. The maximum absolute atomic E-state index is 13.1. The number of amides is 1. The monoisotopic (exact) mass is 325 g/mol. The van der Waals surface area contributed by atoms with Crippen LogP contribution in [-0.2, 0) is 4.79 Å². The number of rotatable bonds is 3. The number of carbonyl (C=O) groups excluding carboxylic acids is 1. The normalized spacial score (nSPS) is 20.4. The zero-order valence-corrected chi connectivity index (χ0v) is 12.7. The summed E-state index contributed by atoms with van der Waals surface area (Å²) in [6.07, 6.45) is 1.59. The maximum Gasteiger partial charge on any atom is 0.245 e. The van der Waals surface area contributed by atoms with E-state index in [1.807, 2.05) is 24.3 Å². The van der Waals surface area contributed by atoms with Crippen LogP contribution in [0.2, 0.25) is 0 Å². The average Bonchev–Trinajstić information content (AvgIpc) is 3.23. The molecule has 0 saturated carbocycles. The van der Waals surface area contributed by atoms with Gasteiger partial charge in [-0.25, -0.2) is 19.5 Å². The van der Waals surface area contributed by atoms with Gasteiger partial charge in [-0.05, 0) is 29.8 Å². The molecule has 2 heterocycles. The van der Waals surface area contributed by atoms with Crippen molar-refractivity contribution in [2.24, 2.45) is 5.92 Å². The van der Waals surface area contributed by atoms with Crippen molar-refractivity contribution in [2.75, 3.05) is 12.0 Å². The Morgan fingerprint density at radius 2 is 2.00 bits per heavy atom. The van der Waals surface area contributed by atoms with Crippen molar-refractivity contribution >= 4 is 16.9 Å². The molecule has 24 heavy (non-hydrogen) atoms. The Kier molecular flexibility index (Phi) is 3.72. The molecule has 3 N–H and O–H groups in total. The van der Waals surface area contributed by atoms with Crippen LogP contribution in [-0.4, -0.2) is 22.1 Å². The highest BCUT2D eigenvalue weighted by Gasteiger charge is 2.34. The molecule has 2 aromatic carbocycles. The molecule has 1 aliphatic rings. The number of halogens is 1. The molecular formula is C17H16FN5O. The van der Waals surface area contributed by atoms with E-state index in [0.717, 1.165) is 16.6 Å². The molecule has 1 saturated heterocycles. The molecular weight excluding hydrogens is 309 g/mol. The molecule has 3 aromatic rings. The first-order valence-corrected chi connectivity index (χ1v) is 7.69. The molecule has 1 amide bonds. The number of aromatic nitrogens is 2. The predicted octanol–water partition coefficient (Wildman–Crippen LogP) is 1.71. The summed E-state index contributed by atoms with van der Waals surface area (Å²) in [6.45, 7) is 0.487. The highest BCUT2D eigenvalue weighted by Crippen LogP contribution is 2.25. The van der Waals surface area contributed by atoms with Crippen LogP contribution in [0.4, 0.5) is 4.39 Å². The molecule has 2 unspecified atom stereocenters. The summed E-state index contributed by atoms with van der Waals surface area (Å²) in [6, 6.07) is 13.5. The number of carbonyl (C=O) groups is 1. The van der Waals surface area contributed by atoms with E-state index in [1.165, 1.54) is 12.1 Å². The number of para-hydroxylation sites is 2. The van der Waals surface area contributed by atoms with Gasteiger partial charge >= 0.3 is 0 Å². The Morgan fingerprint density at radius 3 is 2.83 bits per heavy atom. The summed E-state index contributed by atoms with van der Waals surface area (Å²) in [4.78, 5) is 17.0. The Hall–Kier alpha value is -2.77. The minimum Gasteiger partial charge on any atom is -0.273 e. The van der Waals surface area contributed by atoms with Gasteiger partial charge in [0.15, 0.2) is 0 Å². The van der Waals surface area contributed by atoms with Crippen LogP contribution < -0.4 is 16.3 Å². The topological polar surface area (TPSA) is 71.0 Å². The second-order valence-electron chi connectivity index (χ2n) is 5.74. The molecule has 0 bridgehead atoms. The van der Waals surface area contributed by atoms with Crippen LogP contribution in [0.15, 0.2) is 54.9 Å². The highest BCUT2D eigenvalue weighted by molar-refractivity contribution is 5.89. The smallest absolute Gasteiger partial charge is 0.245 e. The Labute approximate surface area is 137 Å². The first-order valence-electron chi connectivity index (χ1n) is 7.69. The van der Waals surface area contributed by atoms with Gasteiger partial charge in [-0.2, -0.15) is 0 Å². The fourth-order valence-electron chi connectivity index (χ4n) is 2.98. The molecule has 1 fully saturated rings. The second-order valence-corrected chi connectivity index (χ2v) is 5.74. The number of imidazole rings is 1. The number of fused-ring (bicyclic) bond motifs is 1. The van der Waals surface area contributed by atoms with E-state index in [9.17, 15) is 9.18 Å². The van der Waals surface area contributed by atoms with E-state index in [2.05, 4.69) is 21.3 Å². The van der Waals surface area contributed by atoms with Crippen molar-refractivity contribution in [1.82, 2.24) is 20.5 Å². The third kappa shape index (κ3) is 2.64. The van der Waals surface area contributed by atoms with Gasteiger partial charge in [-0.3, -0.25) is 15.6 Å². The van der Waals surface area contributed by atoms with Crippen LogP contribution in [0.1, 0.15) is 11.6 Å². The predicted molar refractivity (Wildman–Crippen MR) is 87.9 cm³/mol. The zero-order chi connectivity index (χ0) is 16.5. The molecule has 6 nitrogen and oxygen atoms in total. The van der Waals surface area contributed by atoms with Crippen molar-refractivity contribution in [3.63, 3.8) is 0 Å². The fraction of sp³-hybridized carbons (Fsp3) is 0.176. The number of hydrogen-bond donors (Lipinski definition) is 3. The summed E-state index contributed by atoms with van der Waals surface area (Å²) in [5.41, 5.74) is 11.5. The molecule has 122 valence electrons. The minimum absolute atomic E-state index is 0.134. The van der Waals surface area contributed by atoms with E-state index in [0.29, 0.717) is 6.54 Å². The molecule has 0 spiro atoms. The first-order chi connectivity index (χ1) is 11.7. The summed E-state index contributed by atoms with van der Waals surface area (Å²) in [7, 11) is 0. The lowest BCUT2D eigenvalue weighted by Gasteiger charge is -2.19. The first kappa shape index (κ1) is 14.8. The summed E-state index contributed by atoms with van der Waals surface area (Å²) < 4.78 is 14.7. The van der Waals surface area contributed by atoms with Crippen molar-refractivity contribution in [3.8, 4) is 0 Å². The largest absolute Gasteiger partial charge is 0.273 e. The lowest BCUT2D eigenvalue weighted by atomic mass is 9.94. The third-order valence-corrected chi connectivity index (χ3v) is 4.23. The number of hydrogen-bond acceptors (Lipinski definition) is 4. The quantitative estimate of drug-likeness (QED) is 0.686. The van der Waals surface area contributed by atoms with E-state index in [1.54, 1.807) is 23.1 Å². The lowest BCUT2D eigenvalue weighted by molar-refractivity contribution is -0.120. The van der Waals surface area contributed by atoms with Gasteiger partial charge in [-0.15, -0.1) is 0 Å². The molecule has 0 aliphatic carbocycles. The molecule has 4 rings (SSSR count). The summed E-state index contributed by atoms with van der Waals surface area (Å²) >= 11 is 0. The number of hydrazine groups is 1. The van der Waals surface area contributed by atoms with Crippen LogP contribution in [0, 0.1) is 11.7 Å².